The molecule has 0 saturated heterocycles. The summed E-state index contributed by atoms with van der Waals surface area (Å²) in [6, 6.07) is 1.50. The highest BCUT2D eigenvalue weighted by Crippen LogP contribution is 2.25. The Bertz CT molecular complexity index is 561. The van der Waals surface area contributed by atoms with Crippen LogP contribution in [-0.2, 0) is 6.54 Å². The van der Waals surface area contributed by atoms with Gasteiger partial charge < -0.3 is 5.11 Å². The number of aromatic carboxylic acids is 1. The second-order valence-electron chi connectivity index (χ2n) is 3.71. The van der Waals surface area contributed by atoms with E-state index in [1.165, 1.54) is 12.3 Å². The van der Waals surface area contributed by atoms with E-state index in [4.69, 9.17) is 5.11 Å². The summed E-state index contributed by atoms with van der Waals surface area (Å²) in [6.07, 6.45) is 4.89. The summed E-state index contributed by atoms with van der Waals surface area (Å²) in [4.78, 5) is 15.1. The van der Waals surface area contributed by atoms with Crippen molar-refractivity contribution in [3.8, 4) is 11.1 Å². The summed E-state index contributed by atoms with van der Waals surface area (Å²) in [7, 11) is 0. The number of aromatic nitrogens is 3. The van der Waals surface area contributed by atoms with E-state index in [9.17, 15) is 4.79 Å². The van der Waals surface area contributed by atoms with E-state index in [1.807, 2.05) is 20.0 Å². The molecule has 0 amide bonds. The van der Waals surface area contributed by atoms with Crippen LogP contribution in [0.4, 0.5) is 0 Å². The van der Waals surface area contributed by atoms with Gasteiger partial charge in [0.25, 0.3) is 0 Å². The minimum absolute atomic E-state index is 0.249. The molecule has 2 rings (SSSR count). The second kappa shape index (κ2) is 4.37. The van der Waals surface area contributed by atoms with Crippen LogP contribution in [0.1, 0.15) is 23.0 Å². The quantitative estimate of drug-likeness (QED) is 0.876. The number of aryl methyl sites for hydroxylation is 2. The first kappa shape index (κ1) is 11.3. The van der Waals surface area contributed by atoms with Gasteiger partial charge in [0.2, 0.25) is 0 Å². The summed E-state index contributed by atoms with van der Waals surface area (Å²) < 4.78 is 1.78. The summed E-state index contributed by atoms with van der Waals surface area (Å²) in [5.74, 6) is -0.953. The molecule has 1 N–H and O–H groups in total. The molecule has 0 unspecified atom stereocenters. The number of carboxylic acids is 1. The Labute approximate surface area is 98.7 Å². The van der Waals surface area contributed by atoms with Crippen LogP contribution in [0.5, 0.6) is 0 Å². The first-order valence-electron chi connectivity index (χ1n) is 5.35. The Hall–Kier alpha value is -2.17. The highest BCUT2D eigenvalue weighted by atomic mass is 16.4. The summed E-state index contributed by atoms with van der Waals surface area (Å²) in [5, 5.41) is 13.4. The molecule has 17 heavy (non-hydrogen) atoms. The molecule has 2 aromatic rings. The van der Waals surface area contributed by atoms with E-state index in [1.54, 1.807) is 10.9 Å². The molecule has 88 valence electrons. The van der Waals surface area contributed by atoms with Gasteiger partial charge in [0.05, 0.1) is 11.3 Å². The number of carboxylic acid groups (broad SMARTS) is 1. The lowest BCUT2D eigenvalue weighted by Gasteiger charge is -2.03. The zero-order chi connectivity index (χ0) is 12.4. The first-order chi connectivity index (χ1) is 8.13. The van der Waals surface area contributed by atoms with Crippen molar-refractivity contribution in [3.05, 3.63) is 35.9 Å². The number of pyridine rings is 1. The molecule has 0 radical (unpaired) electrons. The standard InChI is InChI=1S/C12H13N3O2/c1-3-15-7-11(8(2)14-15)10-6-13-5-4-9(10)12(16)17/h4-7H,3H2,1-2H3,(H,16,17). The van der Waals surface area contributed by atoms with E-state index in [0.29, 0.717) is 5.56 Å². The second-order valence-corrected chi connectivity index (χ2v) is 3.71. The Kier molecular flexibility index (Phi) is 2.91. The zero-order valence-electron chi connectivity index (χ0n) is 9.71. The minimum Gasteiger partial charge on any atom is -0.478 e. The Balaban J connectivity index is 2.59. The van der Waals surface area contributed by atoms with E-state index in [2.05, 4.69) is 10.1 Å². The van der Waals surface area contributed by atoms with E-state index < -0.39 is 5.97 Å². The molecular weight excluding hydrogens is 218 g/mol. The maximum absolute atomic E-state index is 11.1. The molecule has 5 nitrogen and oxygen atoms in total. The van der Waals surface area contributed by atoms with Crippen LogP contribution in [0, 0.1) is 6.92 Å². The van der Waals surface area contributed by atoms with Crippen molar-refractivity contribution >= 4 is 5.97 Å². The molecule has 0 saturated carbocycles. The van der Waals surface area contributed by atoms with Crippen molar-refractivity contribution in [3.63, 3.8) is 0 Å². The third kappa shape index (κ3) is 2.04. The molecule has 0 aliphatic rings. The minimum atomic E-state index is -0.953. The third-order valence-corrected chi connectivity index (χ3v) is 2.61. The predicted molar refractivity (Wildman–Crippen MR) is 62.8 cm³/mol. The van der Waals surface area contributed by atoms with Crippen LogP contribution in [-0.4, -0.2) is 25.8 Å². The topological polar surface area (TPSA) is 68.0 Å². The van der Waals surface area contributed by atoms with E-state index in [0.717, 1.165) is 17.8 Å². The van der Waals surface area contributed by atoms with Gasteiger partial charge in [-0.15, -0.1) is 0 Å². The van der Waals surface area contributed by atoms with Gasteiger partial charge in [0.1, 0.15) is 0 Å². The van der Waals surface area contributed by atoms with Gasteiger partial charge >= 0.3 is 5.97 Å². The molecule has 0 aliphatic heterocycles. The van der Waals surface area contributed by atoms with Crippen LogP contribution in [0.25, 0.3) is 11.1 Å². The van der Waals surface area contributed by atoms with E-state index >= 15 is 0 Å². The fourth-order valence-corrected chi connectivity index (χ4v) is 1.74. The van der Waals surface area contributed by atoms with Gasteiger partial charge in [-0.1, -0.05) is 0 Å². The van der Waals surface area contributed by atoms with Gasteiger partial charge in [0.15, 0.2) is 0 Å². The lowest BCUT2D eigenvalue weighted by atomic mass is 10.0. The first-order valence-corrected chi connectivity index (χ1v) is 5.35. The van der Waals surface area contributed by atoms with Gasteiger partial charge in [-0.3, -0.25) is 9.67 Å². The average molecular weight is 231 g/mol. The van der Waals surface area contributed by atoms with Gasteiger partial charge in [0, 0.05) is 36.3 Å². The molecule has 0 aliphatic carbocycles. The fourth-order valence-electron chi connectivity index (χ4n) is 1.74. The molecule has 0 spiro atoms. The van der Waals surface area contributed by atoms with Crippen molar-refractivity contribution in [2.24, 2.45) is 0 Å². The van der Waals surface area contributed by atoms with Crippen molar-refractivity contribution in [1.82, 2.24) is 14.8 Å². The van der Waals surface area contributed by atoms with Gasteiger partial charge in [-0.25, -0.2) is 4.79 Å². The van der Waals surface area contributed by atoms with Crippen LogP contribution in [0.3, 0.4) is 0 Å². The largest absolute Gasteiger partial charge is 0.478 e. The molecule has 0 atom stereocenters. The smallest absolute Gasteiger partial charge is 0.336 e. The number of nitrogens with zero attached hydrogens (tertiary/aromatic N) is 3. The summed E-state index contributed by atoms with van der Waals surface area (Å²) in [5.41, 5.74) is 2.48. The average Bonchev–Trinajstić information content (AvgIpc) is 2.70. The predicted octanol–water partition coefficient (Wildman–Crippen LogP) is 1.97. The van der Waals surface area contributed by atoms with Gasteiger partial charge in [-0.2, -0.15) is 5.10 Å². The maximum Gasteiger partial charge on any atom is 0.336 e. The van der Waals surface area contributed by atoms with Crippen molar-refractivity contribution in [1.29, 1.82) is 0 Å². The van der Waals surface area contributed by atoms with Crippen LogP contribution in [0.2, 0.25) is 0 Å². The fraction of sp³-hybridized carbons (Fsp3) is 0.250. The molecule has 0 bridgehead atoms. The summed E-state index contributed by atoms with van der Waals surface area (Å²) >= 11 is 0. The Morgan fingerprint density at radius 1 is 1.47 bits per heavy atom. The monoisotopic (exact) mass is 231 g/mol. The molecule has 5 heteroatoms. The number of hydrogen-bond donors (Lipinski definition) is 1. The Morgan fingerprint density at radius 2 is 2.24 bits per heavy atom. The van der Waals surface area contributed by atoms with Crippen LogP contribution >= 0.6 is 0 Å². The molecule has 0 aromatic carbocycles. The maximum atomic E-state index is 11.1. The van der Waals surface area contributed by atoms with Crippen molar-refractivity contribution < 1.29 is 9.90 Å². The normalized spacial score (nSPS) is 10.5. The van der Waals surface area contributed by atoms with Crippen molar-refractivity contribution in [2.45, 2.75) is 20.4 Å². The number of rotatable bonds is 3. The SMILES string of the molecule is CCn1cc(-c2cnccc2C(=O)O)c(C)n1. The third-order valence-electron chi connectivity index (χ3n) is 2.61. The Morgan fingerprint density at radius 3 is 2.82 bits per heavy atom. The highest BCUT2D eigenvalue weighted by molar-refractivity contribution is 5.95. The molecule has 2 aromatic heterocycles. The number of hydrogen-bond acceptors (Lipinski definition) is 3. The van der Waals surface area contributed by atoms with Crippen LogP contribution < -0.4 is 0 Å². The number of carbonyl (C=O) groups is 1. The molecule has 2 heterocycles. The van der Waals surface area contributed by atoms with Crippen LogP contribution in [0.15, 0.2) is 24.7 Å². The zero-order valence-corrected chi connectivity index (χ0v) is 9.71. The molecule has 0 fully saturated rings. The lowest BCUT2D eigenvalue weighted by Crippen LogP contribution is -2.00. The summed E-state index contributed by atoms with van der Waals surface area (Å²) in [6.45, 7) is 4.60. The van der Waals surface area contributed by atoms with Crippen molar-refractivity contribution in [2.75, 3.05) is 0 Å². The van der Waals surface area contributed by atoms with E-state index in [-0.39, 0.29) is 5.56 Å². The van der Waals surface area contributed by atoms with Gasteiger partial charge in [-0.05, 0) is 19.9 Å². The lowest BCUT2D eigenvalue weighted by molar-refractivity contribution is 0.0697. The highest BCUT2D eigenvalue weighted by Gasteiger charge is 2.15. The molecular formula is C12H13N3O2.